The van der Waals surface area contributed by atoms with Crippen LogP contribution in [0, 0.1) is 0 Å². The minimum absolute atomic E-state index is 0.243. The van der Waals surface area contributed by atoms with Crippen LogP contribution in [0.5, 0.6) is 0 Å². The maximum absolute atomic E-state index is 11.3. The van der Waals surface area contributed by atoms with Gasteiger partial charge in [0.15, 0.2) is 5.60 Å². The van der Waals surface area contributed by atoms with E-state index in [2.05, 4.69) is 0 Å². The Labute approximate surface area is 106 Å². The van der Waals surface area contributed by atoms with Crippen molar-refractivity contribution in [2.75, 3.05) is 13.2 Å². The van der Waals surface area contributed by atoms with E-state index < -0.39 is 17.7 Å². The highest BCUT2D eigenvalue weighted by molar-refractivity contribution is 5.82. The van der Waals surface area contributed by atoms with E-state index in [1.165, 1.54) is 0 Å². The largest absolute Gasteiger partial charge is 0.490 e. The van der Waals surface area contributed by atoms with E-state index in [1.807, 2.05) is 0 Å². The van der Waals surface area contributed by atoms with Gasteiger partial charge in [-0.1, -0.05) is 0 Å². The predicted molar refractivity (Wildman–Crippen MR) is 55.2 cm³/mol. The van der Waals surface area contributed by atoms with Gasteiger partial charge in [-0.25, -0.2) is 9.59 Å². The molecule has 3 N–H and O–H groups in total. The summed E-state index contributed by atoms with van der Waals surface area (Å²) in [5.74, 6) is -3.00. The molecular formula is C10H14F3NO5. The van der Waals surface area contributed by atoms with Gasteiger partial charge in [-0.3, -0.25) is 0 Å². The van der Waals surface area contributed by atoms with Gasteiger partial charge in [0.25, 0.3) is 0 Å². The maximum atomic E-state index is 11.3. The molecule has 1 aliphatic carbocycles. The van der Waals surface area contributed by atoms with Crippen molar-refractivity contribution in [2.24, 2.45) is 5.73 Å². The lowest BCUT2D eigenvalue weighted by Crippen LogP contribution is -2.59. The molecule has 0 unspecified atom stereocenters. The van der Waals surface area contributed by atoms with Crippen molar-refractivity contribution < 1.29 is 37.3 Å². The molecule has 6 nitrogen and oxygen atoms in total. The van der Waals surface area contributed by atoms with E-state index in [1.54, 1.807) is 6.92 Å². The Morgan fingerprint density at radius 1 is 1.42 bits per heavy atom. The Balaban J connectivity index is 0.000000224. The molecule has 3 aliphatic rings. The van der Waals surface area contributed by atoms with Crippen LogP contribution in [0.25, 0.3) is 0 Å². The summed E-state index contributed by atoms with van der Waals surface area (Å²) < 4.78 is 42.0. The number of ether oxygens (including phenoxy) is 2. The third-order valence-corrected chi connectivity index (χ3v) is 2.80. The van der Waals surface area contributed by atoms with Crippen LogP contribution in [0.3, 0.4) is 0 Å². The molecule has 110 valence electrons. The molecule has 0 aromatic heterocycles. The van der Waals surface area contributed by atoms with E-state index in [0.717, 1.165) is 0 Å². The Bertz CT molecular complexity index is 376. The maximum Gasteiger partial charge on any atom is 0.490 e. The minimum Gasteiger partial charge on any atom is -0.475 e. The number of carbonyl (C=O) groups is 2. The van der Waals surface area contributed by atoms with E-state index in [0.29, 0.717) is 26.1 Å². The fourth-order valence-electron chi connectivity index (χ4n) is 2.04. The van der Waals surface area contributed by atoms with Crippen molar-refractivity contribution in [1.82, 2.24) is 0 Å². The second kappa shape index (κ2) is 4.97. The monoisotopic (exact) mass is 285 g/mol. The molecule has 19 heavy (non-hydrogen) atoms. The van der Waals surface area contributed by atoms with Gasteiger partial charge in [0.05, 0.1) is 13.2 Å². The molecule has 0 spiro atoms. The average Bonchev–Trinajstić information content (AvgIpc) is 2.72. The van der Waals surface area contributed by atoms with Gasteiger partial charge in [-0.05, 0) is 6.92 Å². The van der Waals surface area contributed by atoms with Gasteiger partial charge in [0, 0.05) is 18.4 Å². The summed E-state index contributed by atoms with van der Waals surface area (Å²) >= 11 is 0. The van der Waals surface area contributed by atoms with Gasteiger partial charge >= 0.3 is 18.1 Å². The van der Waals surface area contributed by atoms with Crippen LogP contribution >= 0.6 is 0 Å². The van der Waals surface area contributed by atoms with E-state index in [-0.39, 0.29) is 11.5 Å². The first-order chi connectivity index (χ1) is 8.55. The van der Waals surface area contributed by atoms with Crippen LogP contribution in [0.15, 0.2) is 0 Å². The summed E-state index contributed by atoms with van der Waals surface area (Å²) in [7, 11) is 0. The fraction of sp³-hybridized carbons (Fsp3) is 0.800. The number of hydrogen-bond acceptors (Lipinski definition) is 5. The van der Waals surface area contributed by atoms with Crippen molar-refractivity contribution in [3.63, 3.8) is 0 Å². The number of fused-ring (bicyclic) bond motifs is 1. The molecule has 2 heterocycles. The number of aliphatic carboxylic acids is 1. The van der Waals surface area contributed by atoms with Gasteiger partial charge in [0.1, 0.15) is 0 Å². The lowest BCUT2D eigenvalue weighted by atomic mass is 9.69. The fourth-order valence-corrected chi connectivity index (χ4v) is 2.04. The van der Waals surface area contributed by atoms with Gasteiger partial charge in [-0.2, -0.15) is 13.2 Å². The molecule has 2 aliphatic heterocycles. The lowest BCUT2D eigenvalue weighted by molar-refractivity contribution is -0.192. The first kappa shape index (κ1) is 15.7. The molecule has 0 atom stereocenters. The zero-order chi connectivity index (χ0) is 14.9. The highest BCUT2D eigenvalue weighted by atomic mass is 19.4. The topological polar surface area (TPSA) is 98.9 Å². The van der Waals surface area contributed by atoms with Crippen LogP contribution in [-0.2, 0) is 19.1 Å². The number of rotatable bonds is 2. The van der Waals surface area contributed by atoms with Crippen LogP contribution < -0.4 is 5.73 Å². The van der Waals surface area contributed by atoms with Crippen LogP contribution in [0.4, 0.5) is 13.2 Å². The Morgan fingerprint density at radius 3 is 2.16 bits per heavy atom. The predicted octanol–water partition coefficient (Wildman–Crippen LogP) is 0.443. The highest BCUT2D eigenvalue weighted by Gasteiger charge is 2.65. The number of alkyl halides is 3. The number of halogens is 3. The quantitative estimate of drug-likeness (QED) is 0.714. The van der Waals surface area contributed by atoms with Crippen molar-refractivity contribution >= 4 is 11.9 Å². The van der Waals surface area contributed by atoms with Crippen molar-refractivity contribution in [3.05, 3.63) is 0 Å². The number of esters is 1. The zero-order valence-corrected chi connectivity index (χ0v) is 10.1. The summed E-state index contributed by atoms with van der Waals surface area (Å²) in [5, 5.41) is 7.12. The van der Waals surface area contributed by atoms with Crippen LogP contribution in [0.2, 0.25) is 0 Å². The summed E-state index contributed by atoms with van der Waals surface area (Å²) in [5.41, 5.74) is 4.91. The molecule has 1 saturated carbocycles. The Kier molecular flexibility index (Phi) is 4.11. The molecule has 2 saturated heterocycles. The average molecular weight is 285 g/mol. The molecule has 3 fully saturated rings. The molecule has 0 radical (unpaired) electrons. The van der Waals surface area contributed by atoms with E-state index >= 15 is 0 Å². The molecule has 0 aromatic rings. The molecule has 0 aromatic carbocycles. The van der Waals surface area contributed by atoms with E-state index in [9.17, 15) is 18.0 Å². The second-order valence-corrected chi connectivity index (χ2v) is 4.52. The third-order valence-electron chi connectivity index (χ3n) is 2.80. The third kappa shape index (κ3) is 3.35. The Hall–Kier alpha value is -1.35. The number of carboxylic acid groups (broad SMARTS) is 1. The number of carboxylic acids is 1. The number of nitrogens with two attached hydrogens (primary N) is 1. The molecule has 0 amide bonds. The van der Waals surface area contributed by atoms with Gasteiger partial charge in [0.2, 0.25) is 0 Å². The van der Waals surface area contributed by atoms with Crippen LogP contribution in [0.1, 0.15) is 19.8 Å². The van der Waals surface area contributed by atoms with E-state index in [4.69, 9.17) is 25.1 Å². The van der Waals surface area contributed by atoms with Crippen molar-refractivity contribution in [1.29, 1.82) is 0 Å². The van der Waals surface area contributed by atoms with Crippen molar-refractivity contribution in [2.45, 2.75) is 37.1 Å². The highest BCUT2D eigenvalue weighted by Crippen LogP contribution is 2.50. The SMILES string of the molecule is CCOC(=O)C12CC(N)(CO1)C2.O=C(O)C(F)(F)F. The normalized spacial score (nSPS) is 31.8. The smallest absolute Gasteiger partial charge is 0.475 e. The molecule has 9 heteroatoms. The summed E-state index contributed by atoms with van der Waals surface area (Å²) in [6.45, 7) is 2.69. The van der Waals surface area contributed by atoms with Crippen LogP contribution in [-0.4, -0.2) is 47.6 Å². The van der Waals surface area contributed by atoms with Gasteiger partial charge < -0.3 is 20.3 Å². The first-order valence-electron chi connectivity index (χ1n) is 5.45. The standard InChI is InChI=1S/C8H13NO3.C2HF3O2/c1-2-11-6(10)8-3-7(9,4-8)5-12-8;3-2(4,5)1(6)7/h2-5,9H2,1H3;(H,6,7). The van der Waals surface area contributed by atoms with Gasteiger partial charge in [-0.15, -0.1) is 0 Å². The minimum atomic E-state index is -5.08. The Morgan fingerprint density at radius 2 is 1.89 bits per heavy atom. The summed E-state index contributed by atoms with van der Waals surface area (Å²) in [6.07, 6.45) is -3.84. The summed E-state index contributed by atoms with van der Waals surface area (Å²) in [6, 6.07) is 0. The molecule has 3 rings (SSSR count). The second-order valence-electron chi connectivity index (χ2n) is 4.52. The number of carbonyl (C=O) groups excluding carboxylic acids is 1. The molecule has 2 bridgehead atoms. The summed E-state index contributed by atoms with van der Waals surface area (Å²) in [4.78, 5) is 20.2. The number of hydrogen-bond donors (Lipinski definition) is 2. The molecular weight excluding hydrogens is 271 g/mol. The first-order valence-corrected chi connectivity index (χ1v) is 5.45. The zero-order valence-electron chi connectivity index (χ0n) is 10.1. The van der Waals surface area contributed by atoms with Crippen molar-refractivity contribution in [3.8, 4) is 0 Å². The lowest BCUT2D eigenvalue weighted by Gasteiger charge is -2.39.